The molecule has 0 aliphatic heterocycles. The van der Waals surface area contributed by atoms with E-state index in [1.165, 1.54) is 7.11 Å². The van der Waals surface area contributed by atoms with E-state index in [2.05, 4.69) is 20.9 Å². The number of benzene rings is 1. The number of hydrogen-bond donors (Lipinski definition) is 1. The topological polar surface area (TPSA) is 83.0 Å². The van der Waals surface area contributed by atoms with Gasteiger partial charge in [-0.05, 0) is 25.1 Å². The Bertz CT molecular complexity index is 819. The van der Waals surface area contributed by atoms with Gasteiger partial charge in [-0.15, -0.1) is 0 Å². The zero-order valence-electron chi connectivity index (χ0n) is 11.4. The van der Waals surface area contributed by atoms with Crippen molar-refractivity contribution in [2.45, 2.75) is 6.92 Å². The third-order valence-corrected chi connectivity index (χ3v) is 3.63. The molecule has 0 unspecified atom stereocenters. The molecular formula is C15H11BrN2O3. The second-order valence-electron chi connectivity index (χ2n) is 4.34. The predicted octanol–water partition coefficient (Wildman–Crippen LogP) is 2.77. The van der Waals surface area contributed by atoms with E-state index in [4.69, 9.17) is 4.74 Å². The number of nitriles is 1. The summed E-state index contributed by atoms with van der Waals surface area (Å²) in [4.78, 5) is 26.4. The van der Waals surface area contributed by atoms with Gasteiger partial charge in [0.2, 0.25) is 0 Å². The number of nitrogens with one attached hydrogen (secondary N) is 1. The lowest BCUT2D eigenvalue weighted by atomic mass is 9.96. The van der Waals surface area contributed by atoms with Crippen LogP contribution in [-0.4, -0.2) is 18.1 Å². The van der Waals surface area contributed by atoms with Crippen LogP contribution in [0.15, 0.2) is 33.5 Å². The quantitative estimate of drug-likeness (QED) is 0.847. The highest BCUT2D eigenvalue weighted by Gasteiger charge is 2.20. The Morgan fingerprint density at radius 2 is 2.14 bits per heavy atom. The number of esters is 1. The number of aryl methyl sites for hydroxylation is 1. The lowest BCUT2D eigenvalue weighted by Gasteiger charge is -2.12. The van der Waals surface area contributed by atoms with Crippen LogP contribution in [-0.2, 0) is 4.74 Å². The van der Waals surface area contributed by atoms with Crippen LogP contribution in [0.4, 0.5) is 0 Å². The van der Waals surface area contributed by atoms with Gasteiger partial charge < -0.3 is 9.72 Å². The van der Waals surface area contributed by atoms with Crippen molar-refractivity contribution in [3.63, 3.8) is 0 Å². The van der Waals surface area contributed by atoms with Crippen molar-refractivity contribution in [2.24, 2.45) is 0 Å². The molecule has 1 aromatic carbocycles. The minimum Gasteiger partial charge on any atom is -0.465 e. The van der Waals surface area contributed by atoms with Crippen LogP contribution >= 0.6 is 15.9 Å². The molecule has 2 aromatic rings. The monoisotopic (exact) mass is 346 g/mol. The van der Waals surface area contributed by atoms with E-state index in [0.717, 1.165) is 0 Å². The molecule has 21 heavy (non-hydrogen) atoms. The molecule has 0 saturated heterocycles. The Kier molecular flexibility index (Phi) is 4.24. The largest absolute Gasteiger partial charge is 0.465 e. The molecule has 0 amide bonds. The molecule has 0 fully saturated rings. The number of hydrogen-bond acceptors (Lipinski definition) is 4. The van der Waals surface area contributed by atoms with Crippen molar-refractivity contribution in [3.8, 4) is 17.2 Å². The first-order chi connectivity index (χ1) is 9.99. The number of carbonyl (C=O) groups is 1. The van der Waals surface area contributed by atoms with Gasteiger partial charge in [-0.3, -0.25) is 4.79 Å². The maximum atomic E-state index is 11.9. The van der Waals surface area contributed by atoms with Crippen LogP contribution in [0.3, 0.4) is 0 Å². The van der Waals surface area contributed by atoms with Crippen LogP contribution in [0.2, 0.25) is 0 Å². The van der Waals surface area contributed by atoms with Gasteiger partial charge in [-0.2, -0.15) is 5.26 Å². The van der Waals surface area contributed by atoms with Gasteiger partial charge in [0.15, 0.2) is 0 Å². The van der Waals surface area contributed by atoms with E-state index < -0.39 is 11.5 Å². The summed E-state index contributed by atoms with van der Waals surface area (Å²) in [7, 11) is 1.28. The van der Waals surface area contributed by atoms with Gasteiger partial charge >= 0.3 is 5.97 Å². The summed E-state index contributed by atoms with van der Waals surface area (Å²) < 4.78 is 5.36. The van der Waals surface area contributed by atoms with Crippen molar-refractivity contribution in [3.05, 3.63) is 55.9 Å². The molecule has 0 atom stereocenters. The van der Waals surface area contributed by atoms with E-state index in [1.54, 1.807) is 31.2 Å². The first-order valence-corrected chi connectivity index (χ1v) is 6.80. The van der Waals surface area contributed by atoms with Crippen LogP contribution in [0.25, 0.3) is 11.1 Å². The summed E-state index contributed by atoms with van der Waals surface area (Å²) in [6, 6.07) is 8.55. The molecular weight excluding hydrogens is 336 g/mol. The number of aromatic nitrogens is 1. The van der Waals surface area contributed by atoms with E-state index in [1.807, 2.05) is 6.07 Å². The summed E-state index contributed by atoms with van der Waals surface area (Å²) in [5.74, 6) is -0.534. The molecule has 6 heteroatoms. The maximum Gasteiger partial charge on any atom is 0.338 e. The first kappa shape index (κ1) is 15.0. The SMILES string of the molecule is COC(=O)c1cccc(Br)c1-c1cc(C)[nH]c(=O)c1C#N. The highest BCUT2D eigenvalue weighted by Crippen LogP contribution is 2.33. The zero-order chi connectivity index (χ0) is 15.6. The van der Waals surface area contributed by atoms with E-state index in [9.17, 15) is 14.9 Å². The van der Waals surface area contributed by atoms with Gasteiger partial charge in [-0.1, -0.05) is 22.0 Å². The van der Waals surface area contributed by atoms with E-state index in [0.29, 0.717) is 21.3 Å². The van der Waals surface area contributed by atoms with Crippen molar-refractivity contribution in [2.75, 3.05) is 7.11 Å². The summed E-state index contributed by atoms with van der Waals surface area (Å²) in [5, 5.41) is 9.23. The molecule has 0 spiro atoms. The molecule has 0 aliphatic carbocycles. The summed E-state index contributed by atoms with van der Waals surface area (Å²) in [5.41, 5.74) is 1.22. The average Bonchev–Trinajstić information content (AvgIpc) is 2.45. The normalized spacial score (nSPS) is 10.0. The minimum atomic E-state index is -0.534. The number of H-pyrrole nitrogens is 1. The fraction of sp³-hybridized carbons (Fsp3) is 0.133. The second kappa shape index (κ2) is 5.94. The molecule has 1 heterocycles. The average molecular weight is 347 g/mol. The number of halogens is 1. The van der Waals surface area contributed by atoms with Gasteiger partial charge in [0.1, 0.15) is 11.6 Å². The smallest absolute Gasteiger partial charge is 0.338 e. The number of rotatable bonds is 2. The Labute approximate surface area is 129 Å². The highest BCUT2D eigenvalue weighted by molar-refractivity contribution is 9.10. The molecule has 1 aromatic heterocycles. The number of pyridine rings is 1. The number of aromatic amines is 1. The lowest BCUT2D eigenvalue weighted by molar-refractivity contribution is 0.0601. The maximum absolute atomic E-state index is 11.9. The van der Waals surface area contributed by atoms with Gasteiger partial charge in [0, 0.05) is 21.3 Å². The molecule has 1 N–H and O–H groups in total. The van der Waals surface area contributed by atoms with Gasteiger partial charge in [0.05, 0.1) is 12.7 Å². The standard InChI is InChI=1S/C15H11BrN2O3/c1-8-6-10(11(7-17)14(19)18-8)13-9(15(20)21-2)4-3-5-12(13)16/h3-6H,1-2H3,(H,18,19). The third-order valence-electron chi connectivity index (χ3n) is 2.97. The second-order valence-corrected chi connectivity index (χ2v) is 5.19. The highest BCUT2D eigenvalue weighted by atomic mass is 79.9. The number of carbonyl (C=O) groups excluding carboxylic acids is 1. The van der Waals surface area contributed by atoms with E-state index in [-0.39, 0.29) is 11.1 Å². The molecule has 0 saturated carbocycles. The van der Waals surface area contributed by atoms with Crippen molar-refractivity contribution in [1.82, 2.24) is 4.98 Å². The molecule has 106 valence electrons. The predicted molar refractivity (Wildman–Crippen MR) is 81.0 cm³/mol. The Hall–Kier alpha value is -2.39. The number of methoxy groups -OCH3 is 1. The van der Waals surface area contributed by atoms with Gasteiger partial charge in [-0.25, -0.2) is 4.79 Å². The zero-order valence-corrected chi connectivity index (χ0v) is 12.9. The van der Waals surface area contributed by atoms with Crippen molar-refractivity contribution < 1.29 is 9.53 Å². The molecule has 2 rings (SSSR count). The number of nitrogens with zero attached hydrogens (tertiary/aromatic N) is 1. The number of ether oxygens (including phenoxy) is 1. The Morgan fingerprint density at radius 3 is 2.76 bits per heavy atom. The van der Waals surface area contributed by atoms with Crippen LogP contribution in [0, 0.1) is 18.3 Å². The summed E-state index contributed by atoms with van der Waals surface area (Å²) >= 11 is 3.36. The van der Waals surface area contributed by atoms with Crippen LogP contribution in [0.1, 0.15) is 21.6 Å². The lowest BCUT2D eigenvalue weighted by Crippen LogP contribution is -2.14. The summed E-state index contributed by atoms with van der Waals surface area (Å²) in [6.07, 6.45) is 0. The molecule has 0 radical (unpaired) electrons. The molecule has 0 aliphatic rings. The Balaban J connectivity index is 2.89. The fourth-order valence-corrected chi connectivity index (χ4v) is 2.65. The van der Waals surface area contributed by atoms with Crippen molar-refractivity contribution in [1.29, 1.82) is 5.26 Å². The molecule has 5 nitrogen and oxygen atoms in total. The van der Waals surface area contributed by atoms with Crippen LogP contribution < -0.4 is 5.56 Å². The first-order valence-electron chi connectivity index (χ1n) is 6.00. The molecule has 0 bridgehead atoms. The van der Waals surface area contributed by atoms with Gasteiger partial charge in [0.25, 0.3) is 5.56 Å². The fourth-order valence-electron chi connectivity index (χ4n) is 2.07. The summed E-state index contributed by atoms with van der Waals surface area (Å²) in [6.45, 7) is 1.71. The van der Waals surface area contributed by atoms with Crippen molar-refractivity contribution >= 4 is 21.9 Å². The Morgan fingerprint density at radius 1 is 1.43 bits per heavy atom. The minimum absolute atomic E-state index is 0.0438. The van der Waals surface area contributed by atoms with Crippen LogP contribution in [0.5, 0.6) is 0 Å². The van der Waals surface area contributed by atoms with E-state index >= 15 is 0 Å². The third kappa shape index (κ3) is 2.73.